The molecule has 0 N–H and O–H groups in total. The fourth-order valence-electron chi connectivity index (χ4n) is 11.2. The minimum atomic E-state index is 0.794. The Morgan fingerprint density at radius 3 is 1.03 bits per heavy atom. The highest BCUT2D eigenvalue weighted by atomic mass is 15.3. The van der Waals surface area contributed by atoms with E-state index in [0.717, 1.165) is 34.0 Å². The van der Waals surface area contributed by atoms with Crippen LogP contribution in [0.1, 0.15) is 0 Å². The first-order valence-corrected chi connectivity index (χ1v) is 24.3. The molecule has 3 heteroatoms. The zero-order valence-electron chi connectivity index (χ0n) is 38.7. The summed E-state index contributed by atoms with van der Waals surface area (Å²) in [6.45, 7) is 0. The van der Waals surface area contributed by atoms with Crippen molar-refractivity contribution in [1.29, 1.82) is 0 Å². The van der Waals surface area contributed by atoms with Crippen LogP contribution in [0.3, 0.4) is 0 Å². The van der Waals surface area contributed by atoms with Gasteiger partial charge in [-0.05, 0) is 139 Å². The molecule has 3 nitrogen and oxygen atoms in total. The molecule has 13 aromatic carbocycles. The lowest BCUT2D eigenvalue weighted by molar-refractivity contribution is 1.07. The molecule has 0 aliphatic heterocycles. The minimum Gasteiger partial charge on any atom is -0.275 e. The molecule has 0 aliphatic rings. The predicted octanol–water partition coefficient (Wildman–Crippen LogP) is 18.2. The third-order valence-corrected chi connectivity index (χ3v) is 14.5. The second-order valence-corrected chi connectivity index (χ2v) is 18.5. The normalized spacial score (nSPS) is 11.7. The van der Waals surface area contributed by atoms with Crippen molar-refractivity contribution in [3.8, 4) is 73.0 Å². The van der Waals surface area contributed by atoms with Crippen LogP contribution in [0.5, 0.6) is 0 Å². The molecular formula is C68H43N3. The molecule has 0 bridgehead atoms. The van der Waals surface area contributed by atoms with Crippen LogP contribution in [0, 0.1) is 0 Å². The van der Waals surface area contributed by atoms with Crippen molar-refractivity contribution < 1.29 is 0 Å². The molecule has 0 spiro atoms. The van der Waals surface area contributed by atoms with Crippen LogP contribution >= 0.6 is 0 Å². The summed E-state index contributed by atoms with van der Waals surface area (Å²) in [6.07, 6.45) is 0. The molecular weight excluding hydrogens is 859 g/mol. The highest BCUT2D eigenvalue weighted by molar-refractivity contribution is 6.25. The lowest BCUT2D eigenvalue weighted by Crippen LogP contribution is -2.00. The number of nitrogens with zero attached hydrogens (tertiary/aromatic N) is 3. The van der Waals surface area contributed by atoms with Gasteiger partial charge in [-0.15, -0.1) is 10.2 Å². The van der Waals surface area contributed by atoms with Gasteiger partial charge in [0.25, 0.3) is 0 Å². The maximum absolute atomic E-state index is 4.81. The van der Waals surface area contributed by atoms with E-state index in [1.54, 1.807) is 0 Å². The molecule has 0 saturated carbocycles. The average Bonchev–Trinajstić information content (AvgIpc) is 3.89. The van der Waals surface area contributed by atoms with Crippen molar-refractivity contribution in [3.63, 3.8) is 0 Å². The summed E-state index contributed by atoms with van der Waals surface area (Å²) in [7, 11) is 0. The zero-order valence-corrected chi connectivity index (χ0v) is 38.7. The number of hydrogen-bond donors (Lipinski definition) is 0. The van der Waals surface area contributed by atoms with Gasteiger partial charge in [-0.25, -0.2) is 0 Å². The predicted molar refractivity (Wildman–Crippen MR) is 299 cm³/mol. The quantitative estimate of drug-likeness (QED) is 0.149. The van der Waals surface area contributed by atoms with Gasteiger partial charge in [0.05, 0.1) is 0 Å². The van der Waals surface area contributed by atoms with Gasteiger partial charge in [0.15, 0.2) is 11.6 Å². The van der Waals surface area contributed by atoms with E-state index in [1.165, 1.54) is 104 Å². The van der Waals surface area contributed by atoms with Crippen molar-refractivity contribution in [3.05, 3.63) is 261 Å². The number of hydrogen-bond acceptors (Lipinski definition) is 2. The Labute approximate surface area is 411 Å². The van der Waals surface area contributed by atoms with E-state index in [9.17, 15) is 0 Å². The standard InChI is InChI=1S/C68H43N3/c1-3-19-47(20-4-1)67-69-70-68(71(67)54-23-5-2-6-24-54)48-35-33-46(34-36-48)63-55-25-11-13-27-57(55)65(58-28-14-12-26-56(58)63)53-39-40-61-62(43-53)66(52-38-32-45-18-8-10-22-50(45)42-52)60-30-16-15-29-59(60)64(61)51-37-31-44-17-7-9-21-49(44)41-51/h1-43H. The van der Waals surface area contributed by atoms with Crippen LogP contribution in [-0.4, -0.2) is 14.8 Å². The van der Waals surface area contributed by atoms with Gasteiger partial charge in [-0.2, -0.15) is 0 Å². The van der Waals surface area contributed by atoms with Gasteiger partial charge in [-0.3, -0.25) is 4.57 Å². The molecule has 0 atom stereocenters. The van der Waals surface area contributed by atoms with Gasteiger partial charge in [0, 0.05) is 16.8 Å². The fourth-order valence-corrected chi connectivity index (χ4v) is 11.2. The summed E-state index contributed by atoms with van der Waals surface area (Å²) in [5.41, 5.74) is 12.7. The van der Waals surface area contributed by atoms with Crippen LogP contribution in [0.15, 0.2) is 261 Å². The van der Waals surface area contributed by atoms with Gasteiger partial charge in [0.2, 0.25) is 0 Å². The molecule has 0 amide bonds. The summed E-state index contributed by atoms with van der Waals surface area (Å²) >= 11 is 0. The van der Waals surface area contributed by atoms with E-state index in [1.807, 2.05) is 24.3 Å². The Morgan fingerprint density at radius 1 is 0.211 bits per heavy atom. The van der Waals surface area contributed by atoms with E-state index in [-0.39, 0.29) is 0 Å². The summed E-state index contributed by atoms with van der Waals surface area (Å²) in [5, 5.41) is 24.3. The summed E-state index contributed by atoms with van der Waals surface area (Å²) in [5.74, 6) is 1.60. The van der Waals surface area contributed by atoms with Crippen molar-refractivity contribution in [2.24, 2.45) is 0 Å². The van der Waals surface area contributed by atoms with Gasteiger partial charge >= 0.3 is 0 Å². The van der Waals surface area contributed by atoms with Crippen molar-refractivity contribution in [2.45, 2.75) is 0 Å². The molecule has 1 heterocycles. The number of benzene rings is 13. The van der Waals surface area contributed by atoms with E-state index in [0.29, 0.717) is 0 Å². The molecule has 1 aromatic heterocycles. The molecule has 0 unspecified atom stereocenters. The van der Waals surface area contributed by atoms with Crippen LogP contribution in [0.2, 0.25) is 0 Å². The lowest BCUT2D eigenvalue weighted by Gasteiger charge is -2.21. The third-order valence-electron chi connectivity index (χ3n) is 14.5. The summed E-state index contributed by atoms with van der Waals surface area (Å²) < 4.78 is 2.16. The molecule has 0 aliphatic carbocycles. The number of para-hydroxylation sites is 1. The third kappa shape index (κ3) is 6.74. The van der Waals surface area contributed by atoms with E-state index in [2.05, 4.69) is 241 Å². The van der Waals surface area contributed by atoms with Crippen molar-refractivity contribution in [1.82, 2.24) is 14.8 Å². The second-order valence-electron chi connectivity index (χ2n) is 18.5. The van der Waals surface area contributed by atoms with Crippen molar-refractivity contribution >= 4 is 64.6 Å². The van der Waals surface area contributed by atoms with E-state index in [4.69, 9.17) is 10.2 Å². The van der Waals surface area contributed by atoms with Crippen LogP contribution < -0.4 is 0 Å². The van der Waals surface area contributed by atoms with Crippen LogP contribution in [-0.2, 0) is 0 Å². The topological polar surface area (TPSA) is 30.7 Å². The zero-order chi connectivity index (χ0) is 46.8. The maximum Gasteiger partial charge on any atom is 0.168 e. The Balaban J connectivity index is 0.984. The Morgan fingerprint density at radius 2 is 0.535 bits per heavy atom. The Bertz CT molecular complexity index is 4320. The molecule has 71 heavy (non-hydrogen) atoms. The first-order chi connectivity index (χ1) is 35.2. The summed E-state index contributed by atoms with van der Waals surface area (Å²) in [4.78, 5) is 0. The number of fused-ring (bicyclic) bond motifs is 6. The minimum absolute atomic E-state index is 0.794. The highest BCUT2D eigenvalue weighted by Gasteiger charge is 2.22. The Kier molecular flexibility index (Phi) is 9.53. The molecule has 0 saturated heterocycles. The lowest BCUT2D eigenvalue weighted by atomic mass is 9.82. The number of rotatable bonds is 7. The number of aromatic nitrogens is 3. The first kappa shape index (κ1) is 40.6. The maximum atomic E-state index is 4.81. The molecule has 330 valence electrons. The molecule has 0 radical (unpaired) electrons. The molecule has 0 fully saturated rings. The largest absolute Gasteiger partial charge is 0.275 e. The highest BCUT2D eigenvalue weighted by Crippen LogP contribution is 2.49. The van der Waals surface area contributed by atoms with Gasteiger partial charge < -0.3 is 0 Å². The van der Waals surface area contributed by atoms with Crippen LogP contribution in [0.4, 0.5) is 0 Å². The smallest absolute Gasteiger partial charge is 0.168 e. The molecule has 14 aromatic rings. The van der Waals surface area contributed by atoms with Gasteiger partial charge in [-0.1, -0.05) is 231 Å². The van der Waals surface area contributed by atoms with E-state index < -0.39 is 0 Å². The SMILES string of the molecule is c1ccc(-c2nnc(-c3ccc(-c4c5ccccc5c(-c5ccc6c(-c7ccc8ccccc8c7)c7ccccc7c(-c7ccc8ccccc8c7)c6c5)c5ccccc45)cc3)n2-c2ccccc2)cc1. The van der Waals surface area contributed by atoms with Gasteiger partial charge in [0.1, 0.15) is 0 Å². The average molecular weight is 902 g/mol. The first-order valence-electron chi connectivity index (χ1n) is 24.3. The second kappa shape index (κ2) is 16.7. The van der Waals surface area contributed by atoms with Crippen molar-refractivity contribution in [2.75, 3.05) is 0 Å². The van der Waals surface area contributed by atoms with E-state index >= 15 is 0 Å². The summed E-state index contributed by atoms with van der Waals surface area (Å²) in [6, 6.07) is 94.9. The van der Waals surface area contributed by atoms with Crippen LogP contribution in [0.25, 0.3) is 138 Å². The fraction of sp³-hybridized carbons (Fsp3) is 0. The molecule has 14 rings (SSSR count). The Hall–Kier alpha value is -9.44. The monoisotopic (exact) mass is 901 g/mol.